The summed E-state index contributed by atoms with van der Waals surface area (Å²) in [7, 11) is 0. The van der Waals surface area contributed by atoms with Crippen LogP contribution in [0.3, 0.4) is 0 Å². The van der Waals surface area contributed by atoms with Crippen molar-refractivity contribution < 1.29 is 4.79 Å². The van der Waals surface area contributed by atoms with E-state index < -0.39 is 0 Å². The van der Waals surface area contributed by atoms with Crippen LogP contribution in [0, 0.1) is 6.92 Å². The Balaban J connectivity index is 1.76. The molecule has 110 valence electrons. The quantitative estimate of drug-likeness (QED) is 0.762. The Kier molecular flexibility index (Phi) is 4.25. The SMILES string of the molecule is Cc1ccc(NC(=O)c2[nH]ncc2Sc2ccccc2)cc1. The van der Waals surface area contributed by atoms with Gasteiger partial charge in [0.2, 0.25) is 0 Å². The monoisotopic (exact) mass is 309 g/mol. The van der Waals surface area contributed by atoms with Crippen molar-refractivity contribution in [2.75, 3.05) is 5.32 Å². The number of hydrogen-bond donors (Lipinski definition) is 2. The fourth-order valence-corrected chi connectivity index (χ4v) is 2.85. The summed E-state index contributed by atoms with van der Waals surface area (Å²) in [5, 5.41) is 9.64. The number of carbonyl (C=O) groups excluding carboxylic acids is 1. The van der Waals surface area contributed by atoms with Crippen LogP contribution in [0.1, 0.15) is 16.1 Å². The number of aromatic nitrogens is 2. The van der Waals surface area contributed by atoms with Gasteiger partial charge in [-0.2, -0.15) is 5.10 Å². The topological polar surface area (TPSA) is 57.8 Å². The lowest BCUT2D eigenvalue weighted by Gasteiger charge is -2.06. The average molecular weight is 309 g/mol. The van der Waals surface area contributed by atoms with E-state index in [4.69, 9.17) is 0 Å². The van der Waals surface area contributed by atoms with Crippen molar-refractivity contribution in [3.05, 3.63) is 72.1 Å². The second-order valence-corrected chi connectivity index (χ2v) is 5.96. The van der Waals surface area contributed by atoms with Crippen LogP contribution in [0.4, 0.5) is 5.69 Å². The lowest BCUT2D eigenvalue weighted by molar-refractivity contribution is 0.101. The molecule has 0 aliphatic carbocycles. The molecule has 4 nitrogen and oxygen atoms in total. The third-order valence-electron chi connectivity index (χ3n) is 3.11. The van der Waals surface area contributed by atoms with Crippen LogP contribution in [0.2, 0.25) is 0 Å². The summed E-state index contributed by atoms with van der Waals surface area (Å²) in [4.78, 5) is 14.2. The van der Waals surface area contributed by atoms with E-state index in [1.165, 1.54) is 11.8 Å². The minimum absolute atomic E-state index is 0.195. The van der Waals surface area contributed by atoms with Gasteiger partial charge in [-0.3, -0.25) is 9.89 Å². The number of amides is 1. The van der Waals surface area contributed by atoms with Crippen LogP contribution < -0.4 is 5.32 Å². The van der Waals surface area contributed by atoms with E-state index in [0.717, 1.165) is 21.0 Å². The standard InChI is InChI=1S/C17H15N3OS/c1-12-7-9-13(10-8-12)19-17(21)16-15(11-18-20-16)22-14-5-3-2-4-6-14/h2-11H,1H3,(H,18,20)(H,19,21). The number of aromatic amines is 1. The van der Waals surface area contributed by atoms with Gasteiger partial charge in [-0.05, 0) is 31.2 Å². The summed E-state index contributed by atoms with van der Waals surface area (Å²) in [5.74, 6) is -0.195. The number of anilines is 1. The maximum Gasteiger partial charge on any atom is 0.274 e. The zero-order chi connectivity index (χ0) is 15.4. The fraction of sp³-hybridized carbons (Fsp3) is 0.0588. The van der Waals surface area contributed by atoms with Gasteiger partial charge in [0.05, 0.1) is 11.1 Å². The Labute approximate surface area is 133 Å². The maximum absolute atomic E-state index is 12.4. The van der Waals surface area contributed by atoms with Crippen molar-refractivity contribution in [3.63, 3.8) is 0 Å². The first-order chi connectivity index (χ1) is 10.7. The van der Waals surface area contributed by atoms with E-state index in [-0.39, 0.29) is 5.91 Å². The van der Waals surface area contributed by atoms with Crippen molar-refractivity contribution in [3.8, 4) is 0 Å². The molecule has 2 aromatic carbocycles. The molecule has 1 heterocycles. The van der Waals surface area contributed by atoms with Crippen LogP contribution >= 0.6 is 11.8 Å². The molecule has 0 saturated heterocycles. The normalized spacial score (nSPS) is 10.4. The van der Waals surface area contributed by atoms with Crippen molar-refractivity contribution >= 4 is 23.4 Å². The van der Waals surface area contributed by atoms with E-state index in [9.17, 15) is 4.79 Å². The Bertz CT molecular complexity index is 766. The van der Waals surface area contributed by atoms with Crippen molar-refractivity contribution in [1.82, 2.24) is 10.2 Å². The van der Waals surface area contributed by atoms with E-state index in [0.29, 0.717) is 5.69 Å². The molecule has 2 N–H and O–H groups in total. The van der Waals surface area contributed by atoms with E-state index >= 15 is 0 Å². The number of aryl methyl sites for hydroxylation is 1. The Morgan fingerprint density at radius 3 is 2.55 bits per heavy atom. The van der Waals surface area contributed by atoms with Gasteiger partial charge in [-0.25, -0.2) is 0 Å². The predicted octanol–water partition coefficient (Wildman–Crippen LogP) is 4.12. The lowest BCUT2D eigenvalue weighted by Crippen LogP contribution is -2.13. The molecule has 22 heavy (non-hydrogen) atoms. The van der Waals surface area contributed by atoms with Gasteiger partial charge in [0.25, 0.3) is 5.91 Å². The number of nitrogens with zero attached hydrogens (tertiary/aromatic N) is 1. The first-order valence-corrected chi connectivity index (χ1v) is 7.68. The van der Waals surface area contributed by atoms with Gasteiger partial charge in [-0.1, -0.05) is 47.7 Å². The molecule has 3 rings (SSSR count). The predicted molar refractivity (Wildman–Crippen MR) is 88.3 cm³/mol. The van der Waals surface area contributed by atoms with E-state index in [1.807, 2.05) is 61.5 Å². The highest BCUT2D eigenvalue weighted by atomic mass is 32.2. The summed E-state index contributed by atoms with van der Waals surface area (Å²) >= 11 is 1.51. The first-order valence-electron chi connectivity index (χ1n) is 6.86. The van der Waals surface area contributed by atoms with Crippen molar-refractivity contribution in [1.29, 1.82) is 0 Å². The van der Waals surface area contributed by atoms with Crippen molar-refractivity contribution in [2.24, 2.45) is 0 Å². The fourth-order valence-electron chi connectivity index (χ4n) is 1.96. The minimum atomic E-state index is -0.195. The minimum Gasteiger partial charge on any atom is -0.321 e. The van der Waals surface area contributed by atoms with Gasteiger partial charge in [0, 0.05) is 10.6 Å². The van der Waals surface area contributed by atoms with Gasteiger partial charge < -0.3 is 5.32 Å². The summed E-state index contributed by atoms with van der Waals surface area (Å²) in [6, 6.07) is 17.6. The molecule has 0 saturated carbocycles. The molecule has 0 radical (unpaired) electrons. The molecule has 0 unspecified atom stereocenters. The van der Waals surface area contributed by atoms with Crippen LogP contribution in [0.15, 0.2) is 70.6 Å². The highest BCUT2D eigenvalue weighted by Crippen LogP contribution is 2.29. The summed E-state index contributed by atoms with van der Waals surface area (Å²) in [6.07, 6.45) is 1.67. The zero-order valence-corrected chi connectivity index (χ0v) is 12.9. The average Bonchev–Trinajstić information content (AvgIpc) is 2.99. The molecule has 0 aliphatic heterocycles. The summed E-state index contributed by atoms with van der Waals surface area (Å²) in [5.41, 5.74) is 2.38. The third-order valence-corrected chi connectivity index (χ3v) is 4.15. The summed E-state index contributed by atoms with van der Waals surface area (Å²) in [6.45, 7) is 2.01. The highest BCUT2D eigenvalue weighted by molar-refractivity contribution is 7.99. The molecule has 0 spiro atoms. The van der Waals surface area contributed by atoms with Crippen LogP contribution in [-0.2, 0) is 0 Å². The smallest absolute Gasteiger partial charge is 0.274 e. The Hall–Kier alpha value is -2.53. The van der Waals surface area contributed by atoms with E-state index in [1.54, 1.807) is 6.20 Å². The summed E-state index contributed by atoms with van der Waals surface area (Å²) < 4.78 is 0. The molecule has 1 amide bonds. The van der Waals surface area contributed by atoms with Crippen LogP contribution in [-0.4, -0.2) is 16.1 Å². The number of H-pyrrole nitrogens is 1. The van der Waals surface area contributed by atoms with Gasteiger partial charge >= 0.3 is 0 Å². The molecule has 0 fully saturated rings. The number of hydrogen-bond acceptors (Lipinski definition) is 3. The molecule has 5 heteroatoms. The van der Waals surface area contributed by atoms with Gasteiger partial charge in [0.15, 0.2) is 0 Å². The molecule has 3 aromatic rings. The van der Waals surface area contributed by atoms with Crippen LogP contribution in [0.5, 0.6) is 0 Å². The number of rotatable bonds is 4. The van der Waals surface area contributed by atoms with Crippen LogP contribution in [0.25, 0.3) is 0 Å². The lowest BCUT2D eigenvalue weighted by atomic mass is 10.2. The molecule has 1 aromatic heterocycles. The second kappa shape index (κ2) is 6.49. The Morgan fingerprint density at radius 2 is 1.82 bits per heavy atom. The number of carbonyl (C=O) groups is 1. The third kappa shape index (κ3) is 3.38. The molecule has 0 atom stereocenters. The van der Waals surface area contributed by atoms with Gasteiger partial charge in [0.1, 0.15) is 5.69 Å². The molecule has 0 aliphatic rings. The second-order valence-electron chi connectivity index (χ2n) is 4.84. The first kappa shape index (κ1) is 14.4. The Morgan fingerprint density at radius 1 is 1.09 bits per heavy atom. The zero-order valence-electron chi connectivity index (χ0n) is 12.0. The number of nitrogens with one attached hydrogen (secondary N) is 2. The number of benzene rings is 2. The van der Waals surface area contributed by atoms with E-state index in [2.05, 4.69) is 15.5 Å². The largest absolute Gasteiger partial charge is 0.321 e. The molecular weight excluding hydrogens is 294 g/mol. The van der Waals surface area contributed by atoms with Crippen molar-refractivity contribution in [2.45, 2.75) is 16.7 Å². The molecule has 0 bridgehead atoms. The highest BCUT2D eigenvalue weighted by Gasteiger charge is 2.15. The molecular formula is C17H15N3OS. The maximum atomic E-state index is 12.4. The van der Waals surface area contributed by atoms with Gasteiger partial charge in [-0.15, -0.1) is 0 Å².